The molecule has 1 aliphatic rings. The second-order valence-electron chi connectivity index (χ2n) is 6.59. The third-order valence-corrected chi connectivity index (χ3v) is 4.69. The lowest BCUT2D eigenvalue weighted by Crippen LogP contribution is -1.98. The molecule has 0 atom stereocenters. The fourth-order valence-electron chi connectivity index (χ4n) is 3.07. The third-order valence-electron chi connectivity index (χ3n) is 4.69. The Morgan fingerprint density at radius 1 is 0.964 bits per heavy atom. The zero-order valence-electron chi connectivity index (χ0n) is 15.8. The highest BCUT2D eigenvalue weighted by molar-refractivity contribution is 6.14. The Bertz CT molecular complexity index is 1070. The number of fused-ring (bicyclic) bond motifs is 1. The number of benzene rings is 3. The molecule has 3 aromatic carbocycles. The SMILES string of the molecule is COc1cccc(C=C2Oc3cc(OCc4ccccc4C)ccc3C2=O)c1. The van der Waals surface area contributed by atoms with Gasteiger partial charge in [0.1, 0.15) is 23.9 Å². The third kappa shape index (κ3) is 3.62. The number of hydrogen-bond acceptors (Lipinski definition) is 4. The smallest absolute Gasteiger partial charge is 0.231 e. The summed E-state index contributed by atoms with van der Waals surface area (Å²) in [6.45, 7) is 2.52. The van der Waals surface area contributed by atoms with Gasteiger partial charge in [-0.3, -0.25) is 4.79 Å². The molecule has 0 radical (unpaired) electrons. The fourth-order valence-corrected chi connectivity index (χ4v) is 3.07. The minimum absolute atomic E-state index is 0.136. The number of carbonyl (C=O) groups is 1. The number of ether oxygens (including phenoxy) is 3. The Kier molecular flexibility index (Phi) is 4.85. The molecule has 0 aromatic heterocycles. The first-order chi connectivity index (χ1) is 13.6. The van der Waals surface area contributed by atoms with Gasteiger partial charge in [-0.2, -0.15) is 0 Å². The van der Waals surface area contributed by atoms with E-state index in [1.165, 1.54) is 5.56 Å². The normalized spacial score (nSPS) is 13.9. The van der Waals surface area contributed by atoms with Gasteiger partial charge in [-0.15, -0.1) is 0 Å². The Hall–Kier alpha value is -3.53. The summed E-state index contributed by atoms with van der Waals surface area (Å²) >= 11 is 0. The van der Waals surface area contributed by atoms with Gasteiger partial charge in [0.25, 0.3) is 0 Å². The summed E-state index contributed by atoms with van der Waals surface area (Å²) in [5.74, 6) is 2.06. The molecule has 0 saturated heterocycles. The summed E-state index contributed by atoms with van der Waals surface area (Å²) < 4.78 is 16.9. The highest BCUT2D eigenvalue weighted by Gasteiger charge is 2.27. The molecule has 3 aromatic rings. The average Bonchev–Trinajstić information content (AvgIpc) is 3.02. The molecule has 0 bridgehead atoms. The predicted octanol–water partition coefficient (Wildman–Crippen LogP) is 5.20. The van der Waals surface area contributed by atoms with Crippen molar-refractivity contribution in [3.8, 4) is 17.2 Å². The van der Waals surface area contributed by atoms with Crippen molar-refractivity contribution in [1.82, 2.24) is 0 Å². The minimum atomic E-state index is -0.136. The van der Waals surface area contributed by atoms with Crippen LogP contribution in [0.1, 0.15) is 27.0 Å². The molecule has 0 saturated carbocycles. The zero-order valence-corrected chi connectivity index (χ0v) is 15.8. The van der Waals surface area contributed by atoms with Gasteiger partial charge in [0.15, 0.2) is 5.76 Å². The number of aryl methyl sites for hydroxylation is 1. The summed E-state index contributed by atoms with van der Waals surface area (Å²) in [5, 5.41) is 0. The largest absolute Gasteiger partial charge is 0.497 e. The number of carbonyl (C=O) groups excluding carboxylic acids is 1. The Morgan fingerprint density at radius 3 is 2.64 bits per heavy atom. The molecule has 1 heterocycles. The van der Waals surface area contributed by atoms with Gasteiger partial charge in [-0.1, -0.05) is 36.4 Å². The van der Waals surface area contributed by atoms with Crippen LogP contribution in [0.15, 0.2) is 72.5 Å². The molecule has 4 heteroatoms. The standard InChI is InChI=1S/C24H20O4/c1-16-6-3-4-8-18(16)15-27-20-10-11-21-22(14-20)28-23(24(21)25)13-17-7-5-9-19(12-17)26-2/h3-14H,15H2,1-2H3. The number of methoxy groups -OCH3 is 1. The summed E-state index contributed by atoms with van der Waals surface area (Å²) in [6.07, 6.45) is 1.72. The van der Waals surface area contributed by atoms with Crippen LogP contribution in [-0.2, 0) is 6.61 Å². The molecule has 0 N–H and O–H groups in total. The van der Waals surface area contributed by atoms with Gasteiger partial charge in [0.05, 0.1) is 12.7 Å². The van der Waals surface area contributed by atoms with Crippen LogP contribution < -0.4 is 14.2 Å². The van der Waals surface area contributed by atoms with E-state index in [0.29, 0.717) is 29.4 Å². The van der Waals surface area contributed by atoms with E-state index >= 15 is 0 Å². The van der Waals surface area contributed by atoms with Gasteiger partial charge in [-0.25, -0.2) is 0 Å². The first-order valence-electron chi connectivity index (χ1n) is 9.04. The molecule has 0 spiro atoms. The van der Waals surface area contributed by atoms with Crippen molar-refractivity contribution in [2.75, 3.05) is 7.11 Å². The van der Waals surface area contributed by atoms with E-state index in [4.69, 9.17) is 14.2 Å². The number of rotatable bonds is 5. The van der Waals surface area contributed by atoms with E-state index in [2.05, 4.69) is 13.0 Å². The van der Waals surface area contributed by atoms with Crippen LogP contribution in [-0.4, -0.2) is 12.9 Å². The number of hydrogen-bond donors (Lipinski definition) is 0. The fraction of sp³-hybridized carbons (Fsp3) is 0.125. The number of allylic oxidation sites excluding steroid dienone is 1. The Labute approximate surface area is 164 Å². The zero-order chi connectivity index (χ0) is 19.5. The predicted molar refractivity (Wildman–Crippen MR) is 108 cm³/mol. The lowest BCUT2D eigenvalue weighted by molar-refractivity contribution is 0.101. The maximum absolute atomic E-state index is 12.6. The van der Waals surface area contributed by atoms with Crippen molar-refractivity contribution < 1.29 is 19.0 Å². The minimum Gasteiger partial charge on any atom is -0.497 e. The van der Waals surface area contributed by atoms with Crippen LogP contribution in [0.25, 0.3) is 6.08 Å². The molecule has 0 amide bonds. The second kappa shape index (κ2) is 7.61. The molecule has 4 rings (SSSR count). The van der Waals surface area contributed by atoms with Crippen LogP contribution in [0.4, 0.5) is 0 Å². The van der Waals surface area contributed by atoms with Crippen molar-refractivity contribution in [3.05, 3.63) is 94.7 Å². The maximum Gasteiger partial charge on any atom is 0.231 e. The molecule has 1 aliphatic heterocycles. The van der Waals surface area contributed by atoms with E-state index in [9.17, 15) is 4.79 Å². The van der Waals surface area contributed by atoms with Crippen LogP contribution in [0.5, 0.6) is 17.2 Å². The van der Waals surface area contributed by atoms with E-state index in [1.807, 2.05) is 42.5 Å². The van der Waals surface area contributed by atoms with Crippen LogP contribution in [0.3, 0.4) is 0 Å². The number of ketones is 1. The van der Waals surface area contributed by atoms with Crippen molar-refractivity contribution in [2.24, 2.45) is 0 Å². The highest BCUT2D eigenvalue weighted by atomic mass is 16.5. The Balaban J connectivity index is 1.52. The van der Waals surface area contributed by atoms with Crippen LogP contribution in [0.2, 0.25) is 0 Å². The average molecular weight is 372 g/mol. The summed E-state index contributed by atoms with van der Waals surface area (Å²) in [6, 6.07) is 20.9. The molecular weight excluding hydrogens is 352 g/mol. The van der Waals surface area contributed by atoms with Crippen molar-refractivity contribution in [3.63, 3.8) is 0 Å². The van der Waals surface area contributed by atoms with Gasteiger partial charge >= 0.3 is 0 Å². The van der Waals surface area contributed by atoms with Crippen molar-refractivity contribution in [2.45, 2.75) is 13.5 Å². The van der Waals surface area contributed by atoms with Gasteiger partial charge < -0.3 is 14.2 Å². The topological polar surface area (TPSA) is 44.8 Å². The first kappa shape index (κ1) is 17.9. The number of Topliss-reactive ketones (excluding diaryl/α,β-unsaturated/α-hetero) is 1. The summed E-state index contributed by atoms with van der Waals surface area (Å²) in [5.41, 5.74) is 3.68. The van der Waals surface area contributed by atoms with Crippen molar-refractivity contribution >= 4 is 11.9 Å². The monoisotopic (exact) mass is 372 g/mol. The molecule has 28 heavy (non-hydrogen) atoms. The highest BCUT2D eigenvalue weighted by Crippen LogP contribution is 2.35. The molecular formula is C24H20O4. The molecule has 0 aliphatic carbocycles. The lowest BCUT2D eigenvalue weighted by Gasteiger charge is -2.09. The summed E-state index contributed by atoms with van der Waals surface area (Å²) in [7, 11) is 1.61. The summed E-state index contributed by atoms with van der Waals surface area (Å²) in [4.78, 5) is 12.6. The maximum atomic E-state index is 12.6. The van der Waals surface area contributed by atoms with E-state index in [1.54, 1.807) is 31.4 Å². The lowest BCUT2D eigenvalue weighted by atomic mass is 10.1. The van der Waals surface area contributed by atoms with E-state index < -0.39 is 0 Å². The van der Waals surface area contributed by atoms with Gasteiger partial charge in [0.2, 0.25) is 5.78 Å². The first-order valence-corrected chi connectivity index (χ1v) is 9.04. The van der Waals surface area contributed by atoms with Gasteiger partial charge in [-0.05, 0) is 54.0 Å². The molecule has 140 valence electrons. The Morgan fingerprint density at radius 2 is 1.82 bits per heavy atom. The quantitative estimate of drug-likeness (QED) is 0.578. The van der Waals surface area contributed by atoms with Crippen LogP contribution in [0, 0.1) is 6.92 Å². The molecule has 0 unspecified atom stereocenters. The van der Waals surface area contributed by atoms with Crippen molar-refractivity contribution in [1.29, 1.82) is 0 Å². The van der Waals surface area contributed by atoms with E-state index in [0.717, 1.165) is 16.9 Å². The van der Waals surface area contributed by atoms with Crippen LogP contribution >= 0.6 is 0 Å². The molecule has 4 nitrogen and oxygen atoms in total. The van der Waals surface area contributed by atoms with E-state index in [-0.39, 0.29) is 5.78 Å². The molecule has 0 fully saturated rings. The van der Waals surface area contributed by atoms with Gasteiger partial charge in [0, 0.05) is 6.07 Å². The second-order valence-corrected chi connectivity index (χ2v) is 6.59.